The van der Waals surface area contributed by atoms with Gasteiger partial charge in [0.1, 0.15) is 54.1 Å². The Labute approximate surface area is 487 Å². The lowest BCUT2D eigenvalue weighted by Gasteiger charge is -2.29. The number of aromatic amines is 1. The Morgan fingerprint density at radius 1 is 0.627 bits per heavy atom. The number of aromatic hydroxyl groups is 1. The van der Waals surface area contributed by atoms with Crippen LogP contribution in [0.4, 0.5) is 0 Å². The minimum Gasteiger partial charge on any atom is -0.508 e. The number of primary amides is 1. The van der Waals surface area contributed by atoms with E-state index < -0.39 is 102 Å². The van der Waals surface area contributed by atoms with Gasteiger partial charge in [-0.15, -0.1) is 0 Å². The van der Waals surface area contributed by atoms with Crippen molar-refractivity contribution in [3.05, 3.63) is 162 Å². The number of hydrogen-bond acceptors (Lipinski definition) is 13. The standard InChI is InChI=1S/C61H69N11O9S2/c1-34(2)52-61(81)70-50(59(79)72-53(54(64)74)44-21-12-16-37-14-4-6-18-41(37)44)33-83-82-32-49(69-60(80)51(63)43-20-11-15-36-13-3-5-17-40(36)43)58(78)67-47(29-35-24-26-39(73)27-25-35)56(76)68-48(30-38-31-65-45-22-8-7-19-42(38)45)57(77)66-46(55(75)71-52)23-9-10-28-62/h3-8,11-22,24-27,31,34,46-53,65,73H,9-10,23,28-30,32-33,62-63H2,1-2H3,(H2,64,74)(H,66,77)(H,67,78)(H,68,76)(H,69,80)(H,70,81)(H,71,75)(H,72,79)/t46-,47-,48?,49?,50?,51+,52?,53-/m0/s1. The number of aromatic nitrogens is 1. The Kier molecular flexibility index (Phi) is 20.8. The highest BCUT2D eigenvalue weighted by atomic mass is 33.1. The van der Waals surface area contributed by atoms with Crippen molar-refractivity contribution in [2.24, 2.45) is 23.1 Å². The number of H-pyrrole nitrogens is 1. The highest BCUT2D eigenvalue weighted by Crippen LogP contribution is 2.29. The quantitative estimate of drug-likeness (QED) is 0.0480. The molecule has 6 aromatic carbocycles. The number of unbranched alkanes of at least 4 members (excludes halogenated alkanes) is 1. The van der Waals surface area contributed by atoms with E-state index in [1.165, 1.54) is 12.1 Å². The second-order valence-electron chi connectivity index (χ2n) is 20.8. The first-order valence-corrected chi connectivity index (χ1v) is 29.9. The van der Waals surface area contributed by atoms with Gasteiger partial charge in [0.25, 0.3) is 0 Å². The number of nitrogens with one attached hydrogen (secondary N) is 8. The number of nitrogens with two attached hydrogens (primary N) is 3. The number of hydrogen-bond donors (Lipinski definition) is 12. The van der Waals surface area contributed by atoms with Gasteiger partial charge < -0.3 is 64.5 Å². The maximum atomic E-state index is 15.0. The molecular weight excluding hydrogens is 1090 g/mol. The molecule has 20 nitrogen and oxygen atoms in total. The average molecular weight is 1160 g/mol. The summed E-state index contributed by atoms with van der Waals surface area (Å²) in [5.74, 6) is -7.30. The fraction of sp³-hybridized carbons (Fsp3) is 0.311. The molecule has 1 aromatic heterocycles. The molecule has 22 heteroatoms. The Bertz CT molecular complexity index is 3480. The van der Waals surface area contributed by atoms with Gasteiger partial charge in [-0.1, -0.05) is 151 Å². The van der Waals surface area contributed by atoms with E-state index in [9.17, 15) is 38.7 Å². The summed E-state index contributed by atoms with van der Waals surface area (Å²) in [6.45, 7) is 3.67. The zero-order valence-electron chi connectivity index (χ0n) is 45.9. The van der Waals surface area contributed by atoms with E-state index in [4.69, 9.17) is 17.2 Å². The zero-order valence-corrected chi connectivity index (χ0v) is 47.5. The Morgan fingerprint density at radius 2 is 1.19 bits per heavy atom. The van der Waals surface area contributed by atoms with Crippen molar-refractivity contribution in [3.63, 3.8) is 0 Å². The van der Waals surface area contributed by atoms with Crippen LogP contribution >= 0.6 is 21.6 Å². The van der Waals surface area contributed by atoms with Gasteiger partial charge in [-0.2, -0.15) is 0 Å². The lowest BCUT2D eigenvalue weighted by molar-refractivity contribution is -0.136. The molecule has 8 rings (SSSR count). The first-order chi connectivity index (χ1) is 40.0. The lowest BCUT2D eigenvalue weighted by Crippen LogP contribution is -2.61. The second kappa shape index (κ2) is 28.5. The topological polar surface area (TPSA) is 335 Å². The van der Waals surface area contributed by atoms with E-state index in [0.29, 0.717) is 45.9 Å². The van der Waals surface area contributed by atoms with Gasteiger partial charge in [0.05, 0.1) is 0 Å². The molecule has 0 aliphatic carbocycles. The molecule has 8 amide bonds. The molecular formula is C61H69N11O9S2. The van der Waals surface area contributed by atoms with Crippen molar-refractivity contribution in [3.8, 4) is 5.75 Å². The van der Waals surface area contributed by atoms with Gasteiger partial charge in [0, 0.05) is 41.4 Å². The monoisotopic (exact) mass is 1160 g/mol. The predicted octanol–water partition coefficient (Wildman–Crippen LogP) is 4.10. The molecule has 7 aromatic rings. The summed E-state index contributed by atoms with van der Waals surface area (Å²) in [5.41, 5.74) is 21.4. The molecule has 1 fully saturated rings. The van der Waals surface area contributed by atoms with E-state index in [-0.39, 0.29) is 43.1 Å². The summed E-state index contributed by atoms with van der Waals surface area (Å²) >= 11 is 0. The third kappa shape index (κ3) is 15.6. The Morgan fingerprint density at radius 3 is 1.86 bits per heavy atom. The Hall–Kier alpha value is -8.44. The van der Waals surface area contributed by atoms with Crippen LogP contribution < -0.4 is 54.4 Å². The maximum Gasteiger partial charge on any atom is 0.244 e. The molecule has 0 saturated carbocycles. The van der Waals surface area contributed by atoms with Crippen molar-refractivity contribution in [1.29, 1.82) is 0 Å². The molecule has 4 unspecified atom stereocenters. The summed E-state index contributed by atoms with van der Waals surface area (Å²) in [6, 6.07) is 27.8. The molecule has 15 N–H and O–H groups in total. The zero-order chi connectivity index (χ0) is 59.2. The van der Waals surface area contributed by atoms with Gasteiger partial charge >= 0.3 is 0 Å². The van der Waals surface area contributed by atoms with Crippen LogP contribution in [-0.2, 0) is 51.2 Å². The van der Waals surface area contributed by atoms with Gasteiger partial charge in [-0.3, -0.25) is 38.4 Å². The molecule has 0 spiro atoms. The lowest BCUT2D eigenvalue weighted by atomic mass is 9.98. The van der Waals surface area contributed by atoms with Gasteiger partial charge in [-0.25, -0.2) is 0 Å². The van der Waals surface area contributed by atoms with Crippen molar-refractivity contribution < 1.29 is 43.5 Å². The summed E-state index contributed by atoms with van der Waals surface area (Å²) in [5, 5.41) is 33.7. The molecule has 0 radical (unpaired) electrons. The summed E-state index contributed by atoms with van der Waals surface area (Å²) in [6.07, 6.45) is 2.41. The van der Waals surface area contributed by atoms with E-state index in [0.717, 1.165) is 43.3 Å². The maximum absolute atomic E-state index is 15.0. The van der Waals surface area contributed by atoms with Gasteiger partial charge in [-0.05, 0) is 93.7 Å². The van der Waals surface area contributed by atoms with Crippen LogP contribution in [0.2, 0.25) is 0 Å². The van der Waals surface area contributed by atoms with Crippen molar-refractivity contribution in [1.82, 2.24) is 42.2 Å². The number of amides is 8. The third-order valence-corrected chi connectivity index (χ3v) is 17.0. The highest BCUT2D eigenvalue weighted by molar-refractivity contribution is 8.76. The normalized spacial score (nSPS) is 20.5. The van der Waals surface area contributed by atoms with Crippen molar-refractivity contribution >= 4 is 101 Å². The third-order valence-electron chi connectivity index (χ3n) is 14.5. The van der Waals surface area contributed by atoms with Crippen LogP contribution in [0.5, 0.6) is 5.75 Å². The van der Waals surface area contributed by atoms with Crippen LogP contribution in [0, 0.1) is 5.92 Å². The van der Waals surface area contributed by atoms with E-state index in [1.807, 2.05) is 72.8 Å². The van der Waals surface area contributed by atoms with E-state index >= 15 is 4.79 Å². The van der Waals surface area contributed by atoms with Gasteiger partial charge in [0.2, 0.25) is 47.3 Å². The molecule has 1 aliphatic rings. The Balaban J connectivity index is 1.18. The highest BCUT2D eigenvalue weighted by Gasteiger charge is 2.37. The number of phenolic OH excluding ortho intramolecular Hbond substituents is 1. The van der Waals surface area contributed by atoms with Crippen LogP contribution in [0.15, 0.2) is 140 Å². The smallest absolute Gasteiger partial charge is 0.244 e. The largest absolute Gasteiger partial charge is 0.508 e. The van der Waals surface area contributed by atoms with Crippen LogP contribution in [0.25, 0.3) is 32.4 Å². The van der Waals surface area contributed by atoms with Crippen LogP contribution in [0.3, 0.4) is 0 Å². The summed E-state index contributed by atoms with van der Waals surface area (Å²) < 4.78 is 0. The molecule has 83 heavy (non-hydrogen) atoms. The number of fused-ring (bicyclic) bond motifs is 3. The molecule has 434 valence electrons. The number of phenols is 1. The predicted molar refractivity (Wildman–Crippen MR) is 323 cm³/mol. The fourth-order valence-corrected chi connectivity index (χ4v) is 12.3. The fourth-order valence-electron chi connectivity index (χ4n) is 10.0. The van der Waals surface area contributed by atoms with Crippen molar-refractivity contribution in [2.75, 3.05) is 18.1 Å². The number of rotatable bonds is 16. The summed E-state index contributed by atoms with van der Waals surface area (Å²) in [4.78, 5) is 120. The second-order valence-corrected chi connectivity index (χ2v) is 23.3. The number of para-hydroxylation sites is 1. The molecule has 2 heterocycles. The summed E-state index contributed by atoms with van der Waals surface area (Å²) in [7, 11) is 2.11. The SMILES string of the molecule is CC(C)C1NC(=O)[C@H](CCCCN)NC(=O)C(Cc2c[nH]c3ccccc23)NC(=O)[C@H](Cc2ccc(O)cc2)NC(=O)C(NC(=O)[C@H](N)c2cccc3ccccc23)CSSCC(C(=O)N[C@H](C(N)=O)c2cccc3ccccc23)NC1=O. The number of benzene rings is 6. The van der Waals surface area contributed by atoms with E-state index in [2.05, 4.69) is 42.2 Å². The number of carbonyl (C=O) groups is 8. The molecule has 1 aliphatic heterocycles. The minimum atomic E-state index is -1.42. The molecule has 1 saturated heterocycles. The van der Waals surface area contributed by atoms with Crippen LogP contribution in [0.1, 0.15) is 67.4 Å². The molecule has 0 bridgehead atoms. The first-order valence-electron chi connectivity index (χ1n) is 27.4. The number of carbonyl (C=O) groups excluding carboxylic acids is 8. The molecule has 8 atom stereocenters. The average Bonchev–Trinajstić information content (AvgIpc) is 4.03. The van der Waals surface area contributed by atoms with E-state index in [1.54, 1.807) is 68.6 Å². The van der Waals surface area contributed by atoms with Crippen molar-refractivity contribution in [2.45, 2.75) is 94.3 Å². The van der Waals surface area contributed by atoms with Crippen LogP contribution in [-0.4, -0.2) is 112 Å². The first kappa shape index (κ1) is 60.7. The van der Waals surface area contributed by atoms with Gasteiger partial charge in [0.15, 0.2) is 0 Å². The minimum absolute atomic E-state index is 0.0460.